The number of nitrogens with one attached hydrogen (secondary N) is 1. The Labute approximate surface area is 107 Å². The van der Waals surface area contributed by atoms with Crippen molar-refractivity contribution in [3.8, 4) is 5.82 Å². The molecule has 0 fully saturated rings. The molecule has 0 aliphatic rings. The Bertz CT molecular complexity index is 649. The van der Waals surface area contributed by atoms with Gasteiger partial charge in [-0.1, -0.05) is 23.2 Å². The van der Waals surface area contributed by atoms with Crippen LogP contribution in [0.4, 0.5) is 13.2 Å². The summed E-state index contributed by atoms with van der Waals surface area (Å²) >= 11 is 10.9. The summed E-state index contributed by atoms with van der Waals surface area (Å²) in [6.45, 7) is 0. The van der Waals surface area contributed by atoms with Gasteiger partial charge in [0.05, 0.1) is 11.2 Å². The molecule has 0 aliphatic carbocycles. The van der Waals surface area contributed by atoms with Gasteiger partial charge in [0.15, 0.2) is 5.69 Å². The first-order valence-electron chi connectivity index (χ1n) is 4.37. The molecule has 0 aromatic carbocycles. The molecule has 0 bridgehead atoms. The molecular weight excluding hydrogens is 296 g/mol. The largest absolute Gasteiger partial charge is 0.436 e. The smallest absolute Gasteiger partial charge is 0.286 e. The fraction of sp³-hybridized carbons (Fsp3) is 0.125. The molecule has 2 aromatic heterocycles. The summed E-state index contributed by atoms with van der Waals surface area (Å²) in [5, 5.41) is 8.23. The first-order valence-corrected chi connectivity index (χ1v) is 5.12. The van der Waals surface area contributed by atoms with Crippen molar-refractivity contribution in [2.24, 2.45) is 0 Å². The van der Waals surface area contributed by atoms with Crippen LogP contribution in [0.5, 0.6) is 0 Å². The SMILES string of the molecule is O=c1cc(Cl)[nH]nc1-n1cc(Cl)c(C(F)(F)F)n1. The molecule has 0 aliphatic heterocycles. The zero-order valence-electron chi connectivity index (χ0n) is 8.29. The van der Waals surface area contributed by atoms with E-state index in [2.05, 4.69) is 15.3 Å². The molecule has 96 valence electrons. The van der Waals surface area contributed by atoms with Gasteiger partial charge in [-0.25, -0.2) is 4.68 Å². The first kappa shape index (κ1) is 12.9. The zero-order valence-corrected chi connectivity index (χ0v) is 9.81. The highest BCUT2D eigenvalue weighted by Crippen LogP contribution is 2.33. The fourth-order valence-electron chi connectivity index (χ4n) is 1.19. The fourth-order valence-corrected chi connectivity index (χ4v) is 1.57. The second kappa shape index (κ2) is 4.29. The highest BCUT2D eigenvalue weighted by atomic mass is 35.5. The van der Waals surface area contributed by atoms with Gasteiger partial charge in [0, 0.05) is 6.07 Å². The molecule has 18 heavy (non-hydrogen) atoms. The van der Waals surface area contributed by atoms with E-state index in [0.717, 1.165) is 12.3 Å². The number of nitrogens with zero attached hydrogens (tertiary/aromatic N) is 3. The van der Waals surface area contributed by atoms with E-state index in [1.165, 1.54) is 0 Å². The van der Waals surface area contributed by atoms with Gasteiger partial charge in [0.1, 0.15) is 5.15 Å². The van der Waals surface area contributed by atoms with Crippen LogP contribution in [0.15, 0.2) is 17.1 Å². The number of halogens is 5. The highest BCUT2D eigenvalue weighted by Gasteiger charge is 2.37. The lowest BCUT2D eigenvalue weighted by molar-refractivity contribution is -0.141. The second-order valence-corrected chi connectivity index (χ2v) is 3.99. The van der Waals surface area contributed by atoms with Crippen molar-refractivity contribution in [3.05, 3.63) is 38.4 Å². The van der Waals surface area contributed by atoms with Gasteiger partial charge in [-0.05, 0) is 0 Å². The number of aromatic nitrogens is 4. The van der Waals surface area contributed by atoms with E-state index in [4.69, 9.17) is 23.2 Å². The van der Waals surface area contributed by atoms with Crippen LogP contribution in [0.3, 0.4) is 0 Å². The van der Waals surface area contributed by atoms with Crippen LogP contribution >= 0.6 is 23.2 Å². The van der Waals surface area contributed by atoms with Gasteiger partial charge >= 0.3 is 6.18 Å². The van der Waals surface area contributed by atoms with Crippen molar-refractivity contribution in [2.75, 3.05) is 0 Å². The van der Waals surface area contributed by atoms with Crippen molar-refractivity contribution < 1.29 is 13.2 Å². The quantitative estimate of drug-likeness (QED) is 0.878. The lowest BCUT2D eigenvalue weighted by Gasteiger charge is -2.01. The lowest BCUT2D eigenvalue weighted by atomic mass is 10.4. The van der Waals surface area contributed by atoms with E-state index >= 15 is 0 Å². The minimum atomic E-state index is -4.71. The lowest BCUT2D eigenvalue weighted by Crippen LogP contribution is -2.16. The van der Waals surface area contributed by atoms with Crippen LogP contribution in [-0.4, -0.2) is 20.0 Å². The molecule has 10 heteroatoms. The number of hydrogen-bond donors (Lipinski definition) is 1. The van der Waals surface area contributed by atoms with Crippen LogP contribution in [-0.2, 0) is 6.18 Å². The maximum Gasteiger partial charge on any atom is 0.436 e. The Hall–Kier alpha value is -1.54. The van der Waals surface area contributed by atoms with Crippen molar-refractivity contribution in [3.63, 3.8) is 0 Å². The molecule has 1 N–H and O–H groups in total. The average molecular weight is 299 g/mol. The van der Waals surface area contributed by atoms with E-state index in [9.17, 15) is 18.0 Å². The Kier molecular flexibility index (Phi) is 3.07. The summed E-state index contributed by atoms with van der Waals surface area (Å²) in [5.74, 6) is -0.364. The number of rotatable bonds is 1. The summed E-state index contributed by atoms with van der Waals surface area (Å²) < 4.78 is 38.0. The van der Waals surface area contributed by atoms with Crippen molar-refractivity contribution >= 4 is 23.2 Å². The predicted molar refractivity (Wildman–Crippen MR) is 57.0 cm³/mol. The monoisotopic (exact) mass is 298 g/mol. The van der Waals surface area contributed by atoms with Crippen LogP contribution in [0.25, 0.3) is 5.82 Å². The van der Waals surface area contributed by atoms with Crippen molar-refractivity contribution in [1.29, 1.82) is 0 Å². The van der Waals surface area contributed by atoms with E-state index in [-0.39, 0.29) is 11.0 Å². The van der Waals surface area contributed by atoms with E-state index < -0.39 is 22.3 Å². The molecule has 0 unspecified atom stereocenters. The number of H-pyrrole nitrogens is 1. The minimum Gasteiger partial charge on any atom is -0.286 e. The predicted octanol–water partition coefficient (Wildman–Crippen LogP) is 2.28. The molecule has 2 heterocycles. The van der Waals surface area contributed by atoms with Crippen molar-refractivity contribution in [1.82, 2.24) is 20.0 Å². The first-order chi connectivity index (χ1) is 8.29. The highest BCUT2D eigenvalue weighted by molar-refractivity contribution is 6.31. The standard InChI is InChI=1S/C8H3Cl2F3N4O/c9-3-2-17(16-6(3)8(11,12)13)7-4(18)1-5(10)14-15-7/h1-2H,(H,14,18). The molecule has 2 rings (SSSR count). The number of aromatic amines is 1. The van der Waals surface area contributed by atoms with Crippen LogP contribution < -0.4 is 5.43 Å². The number of alkyl halides is 3. The molecule has 5 nitrogen and oxygen atoms in total. The van der Waals surface area contributed by atoms with Gasteiger partial charge in [0.25, 0.3) is 0 Å². The maximum absolute atomic E-state index is 12.5. The third-order valence-electron chi connectivity index (χ3n) is 1.90. The topological polar surface area (TPSA) is 63.6 Å². The summed E-state index contributed by atoms with van der Waals surface area (Å²) in [6, 6.07) is 0.965. The summed E-state index contributed by atoms with van der Waals surface area (Å²) in [7, 11) is 0. The third kappa shape index (κ3) is 2.34. The second-order valence-electron chi connectivity index (χ2n) is 3.17. The normalized spacial score (nSPS) is 11.8. The Morgan fingerprint density at radius 1 is 1.33 bits per heavy atom. The summed E-state index contributed by atoms with van der Waals surface area (Å²) in [5.41, 5.74) is -1.98. The van der Waals surface area contributed by atoms with Gasteiger partial charge < -0.3 is 0 Å². The van der Waals surface area contributed by atoms with Gasteiger partial charge in [-0.3, -0.25) is 9.89 Å². The van der Waals surface area contributed by atoms with Crippen molar-refractivity contribution in [2.45, 2.75) is 6.18 Å². The van der Waals surface area contributed by atoms with Crippen LogP contribution in [0, 0.1) is 0 Å². The summed E-state index contributed by atoms with van der Waals surface area (Å²) in [4.78, 5) is 11.5. The van der Waals surface area contributed by atoms with Gasteiger partial charge in [0.2, 0.25) is 11.2 Å². The molecule has 0 saturated carbocycles. The zero-order chi connectivity index (χ0) is 13.5. The molecule has 0 amide bonds. The molecular formula is C8H3Cl2F3N4O. The minimum absolute atomic E-state index is 0.0435. The molecule has 0 radical (unpaired) electrons. The van der Waals surface area contributed by atoms with E-state index in [0.29, 0.717) is 4.68 Å². The third-order valence-corrected chi connectivity index (χ3v) is 2.37. The Balaban J connectivity index is 2.56. The van der Waals surface area contributed by atoms with E-state index in [1.807, 2.05) is 0 Å². The molecule has 0 saturated heterocycles. The Morgan fingerprint density at radius 2 is 2.00 bits per heavy atom. The number of hydrogen-bond acceptors (Lipinski definition) is 3. The molecule has 0 spiro atoms. The van der Waals surface area contributed by atoms with Crippen LogP contribution in [0.2, 0.25) is 10.2 Å². The average Bonchev–Trinajstić information content (AvgIpc) is 2.59. The Morgan fingerprint density at radius 3 is 2.50 bits per heavy atom. The van der Waals surface area contributed by atoms with E-state index in [1.54, 1.807) is 0 Å². The molecule has 2 aromatic rings. The summed E-state index contributed by atoms with van der Waals surface area (Å²) in [6.07, 6.45) is -3.86. The maximum atomic E-state index is 12.5. The van der Waals surface area contributed by atoms with Crippen LogP contribution in [0.1, 0.15) is 5.69 Å². The van der Waals surface area contributed by atoms with Gasteiger partial charge in [-0.15, -0.1) is 0 Å². The molecule has 0 atom stereocenters. The van der Waals surface area contributed by atoms with Gasteiger partial charge in [-0.2, -0.15) is 23.4 Å².